The van der Waals surface area contributed by atoms with E-state index in [9.17, 15) is 9.59 Å². The van der Waals surface area contributed by atoms with Gasteiger partial charge in [-0.15, -0.1) is 0 Å². The van der Waals surface area contributed by atoms with E-state index in [4.69, 9.17) is 15.5 Å². The topological polar surface area (TPSA) is 85.0 Å². The number of amides is 1. The summed E-state index contributed by atoms with van der Waals surface area (Å²) < 4.78 is 5.32. The number of nitrogens with two attached hydrogens (primary N) is 1. The van der Waals surface area contributed by atoms with Gasteiger partial charge in [0.2, 0.25) is 0 Å². The second-order valence-electron chi connectivity index (χ2n) is 8.33. The van der Waals surface area contributed by atoms with E-state index in [1.165, 1.54) is 0 Å². The molecule has 6 heteroatoms. The molecule has 0 fully saturated rings. The third kappa shape index (κ3) is 5.01. The molecular weight excluding hydrogens is 426 g/mol. The summed E-state index contributed by atoms with van der Waals surface area (Å²) in [4.78, 5) is 32.0. The maximum absolute atomic E-state index is 13.7. The first-order valence-corrected chi connectivity index (χ1v) is 11.6. The highest BCUT2D eigenvalue weighted by Crippen LogP contribution is 2.39. The first-order valence-electron chi connectivity index (χ1n) is 11.6. The smallest absolute Gasteiger partial charge is 0.306 e. The van der Waals surface area contributed by atoms with Crippen LogP contribution < -0.4 is 5.73 Å². The molecular formula is C28H29N3O3. The van der Waals surface area contributed by atoms with Crippen LogP contribution in [0.4, 0.5) is 0 Å². The zero-order valence-electron chi connectivity index (χ0n) is 19.1. The van der Waals surface area contributed by atoms with Crippen LogP contribution in [0.2, 0.25) is 0 Å². The van der Waals surface area contributed by atoms with Crippen LogP contribution in [0.15, 0.2) is 96.0 Å². The quantitative estimate of drug-likeness (QED) is 0.363. The minimum atomic E-state index is -1.17. The van der Waals surface area contributed by atoms with Crippen LogP contribution in [0.25, 0.3) is 0 Å². The monoisotopic (exact) mass is 455 g/mol. The van der Waals surface area contributed by atoms with Crippen LogP contribution in [0, 0.1) is 0 Å². The Balaban J connectivity index is 1.33. The fourth-order valence-electron chi connectivity index (χ4n) is 4.22. The Morgan fingerprint density at radius 2 is 1.38 bits per heavy atom. The Kier molecular flexibility index (Phi) is 7.38. The number of hydrogen-bond acceptors (Lipinski definition) is 5. The predicted octanol–water partition coefficient (Wildman–Crippen LogP) is 4.39. The Morgan fingerprint density at radius 1 is 0.824 bits per heavy atom. The number of ether oxygens (including phenoxy) is 1. The van der Waals surface area contributed by atoms with Crippen LogP contribution in [-0.2, 0) is 26.5 Å². The highest BCUT2D eigenvalue weighted by atomic mass is 16.5. The fourth-order valence-corrected chi connectivity index (χ4v) is 4.22. The lowest BCUT2D eigenvalue weighted by Gasteiger charge is -2.27. The Morgan fingerprint density at radius 3 is 1.97 bits per heavy atom. The summed E-state index contributed by atoms with van der Waals surface area (Å²) >= 11 is 0. The molecule has 1 aliphatic rings. The van der Waals surface area contributed by atoms with Crippen LogP contribution in [0.5, 0.6) is 0 Å². The number of rotatable bonds is 10. The lowest BCUT2D eigenvalue weighted by atomic mass is 9.83. The van der Waals surface area contributed by atoms with Gasteiger partial charge in [-0.25, -0.2) is 4.99 Å². The normalized spacial score (nSPS) is 14.6. The predicted molar refractivity (Wildman–Crippen MR) is 132 cm³/mol. The number of hydrogen-bond donors (Lipinski definition) is 1. The molecule has 0 aromatic heterocycles. The molecule has 0 spiro atoms. The van der Waals surface area contributed by atoms with Gasteiger partial charge in [0.25, 0.3) is 5.91 Å². The SMILES string of the molecule is NC1=NC(c2ccccc2)(c2ccccc2)C(=O)N1CCCCCC(=O)OCc1ccccc1. The molecule has 0 saturated heterocycles. The van der Waals surface area contributed by atoms with Crippen LogP contribution >= 0.6 is 0 Å². The summed E-state index contributed by atoms with van der Waals surface area (Å²) in [6.07, 6.45) is 2.53. The number of nitrogens with zero attached hydrogens (tertiary/aromatic N) is 2. The molecule has 4 rings (SSSR count). The lowest BCUT2D eigenvalue weighted by molar-refractivity contribution is -0.145. The van der Waals surface area contributed by atoms with Gasteiger partial charge in [0.05, 0.1) is 0 Å². The van der Waals surface area contributed by atoms with Crippen molar-refractivity contribution in [2.45, 2.75) is 37.8 Å². The fraction of sp³-hybridized carbons (Fsp3) is 0.250. The van der Waals surface area contributed by atoms with E-state index in [-0.39, 0.29) is 24.4 Å². The van der Waals surface area contributed by atoms with Crippen molar-refractivity contribution in [3.05, 3.63) is 108 Å². The third-order valence-corrected chi connectivity index (χ3v) is 6.00. The lowest BCUT2D eigenvalue weighted by Crippen LogP contribution is -2.44. The van der Waals surface area contributed by atoms with Crippen molar-refractivity contribution in [3.63, 3.8) is 0 Å². The van der Waals surface area contributed by atoms with Crippen molar-refractivity contribution in [2.24, 2.45) is 10.7 Å². The first-order chi connectivity index (χ1) is 16.6. The van der Waals surface area contributed by atoms with E-state index in [2.05, 4.69) is 0 Å². The zero-order valence-corrected chi connectivity index (χ0v) is 19.1. The van der Waals surface area contributed by atoms with Crippen molar-refractivity contribution in [1.82, 2.24) is 4.90 Å². The van der Waals surface area contributed by atoms with Crippen molar-refractivity contribution in [1.29, 1.82) is 0 Å². The van der Waals surface area contributed by atoms with E-state index in [1.54, 1.807) is 4.90 Å². The summed E-state index contributed by atoms with van der Waals surface area (Å²) in [5.74, 6) is -0.140. The summed E-state index contributed by atoms with van der Waals surface area (Å²) in [7, 11) is 0. The third-order valence-electron chi connectivity index (χ3n) is 6.00. The minimum absolute atomic E-state index is 0.148. The first kappa shape index (κ1) is 23.2. The average Bonchev–Trinajstić information content (AvgIpc) is 3.14. The van der Waals surface area contributed by atoms with E-state index in [0.29, 0.717) is 25.8 Å². The molecule has 3 aromatic carbocycles. The van der Waals surface area contributed by atoms with Crippen LogP contribution in [0.1, 0.15) is 42.4 Å². The largest absolute Gasteiger partial charge is 0.461 e. The Bertz CT molecular complexity index is 1090. The molecule has 2 N–H and O–H groups in total. The van der Waals surface area contributed by atoms with Gasteiger partial charge < -0.3 is 10.5 Å². The highest BCUT2D eigenvalue weighted by molar-refractivity contribution is 6.09. The van der Waals surface area contributed by atoms with E-state index >= 15 is 0 Å². The molecule has 174 valence electrons. The van der Waals surface area contributed by atoms with Gasteiger partial charge in [0.15, 0.2) is 11.5 Å². The number of aliphatic imine (C=N–C) groups is 1. The number of carbonyl (C=O) groups is 2. The zero-order chi connectivity index (χ0) is 23.8. The molecule has 1 amide bonds. The van der Waals surface area contributed by atoms with Gasteiger partial charge in [-0.2, -0.15) is 0 Å². The molecule has 1 aliphatic heterocycles. The van der Waals surface area contributed by atoms with Crippen molar-refractivity contribution in [3.8, 4) is 0 Å². The summed E-state index contributed by atoms with van der Waals surface area (Å²) in [6, 6.07) is 28.7. The average molecular weight is 456 g/mol. The van der Waals surface area contributed by atoms with E-state index in [0.717, 1.165) is 23.1 Å². The number of guanidine groups is 1. The minimum Gasteiger partial charge on any atom is -0.461 e. The molecule has 0 aliphatic carbocycles. The molecule has 1 heterocycles. The number of esters is 1. The van der Waals surface area contributed by atoms with Gasteiger partial charge >= 0.3 is 5.97 Å². The van der Waals surface area contributed by atoms with Crippen molar-refractivity contribution >= 4 is 17.8 Å². The number of benzene rings is 3. The number of carbonyl (C=O) groups excluding carboxylic acids is 2. The molecule has 3 aromatic rings. The Hall–Kier alpha value is -3.93. The molecule has 34 heavy (non-hydrogen) atoms. The molecule has 6 nitrogen and oxygen atoms in total. The van der Waals surface area contributed by atoms with Crippen molar-refractivity contribution < 1.29 is 14.3 Å². The maximum atomic E-state index is 13.7. The molecule has 0 saturated carbocycles. The van der Waals surface area contributed by atoms with Crippen molar-refractivity contribution in [2.75, 3.05) is 6.54 Å². The highest BCUT2D eigenvalue weighted by Gasteiger charge is 2.50. The van der Waals surface area contributed by atoms with Gasteiger partial charge in [-0.3, -0.25) is 14.5 Å². The molecule has 0 unspecified atom stereocenters. The summed E-state index contributed by atoms with van der Waals surface area (Å²) in [5, 5.41) is 0. The van der Waals surface area contributed by atoms with Gasteiger partial charge in [-0.1, -0.05) is 97.4 Å². The summed E-state index contributed by atoms with van der Waals surface area (Å²) in [6.45, 7) is 0.741. The molecule has 0 radical (unpaired) electrons. The van der Waals surface area contributed by atoms with Crippen LogP contribution in [0.3, 0.4) is 0 Å². The second kappa shape index (κ2) is 10.8. The summed E-state index contributed by atoms with van der Waals surface area (Å²) in [5.41, 5.74) is 7.64. The van der Waals surface area contributed by atoms with Gasteiger partial charge in [0, 0.05) is 13.0 Å². The van der Waals surface area contributed by atoms with Crippen LogP contribution in [-0.4, -0.2) is 29.3 Å². The second-order valence-corrected chi connectivity index (χ2v) is 8.33. The van der Waals surface area contributed by atoms with E-state index in [1.807, 2.05) is 91.0 Å². The van der Waals surface area contributed by atoms with E-state index < -0.39 is 5.54 Å². The standard InChI is InChI=1S/C28H29N3O3/c29-27-30-28(23-15-7-2-8-16-23,24-17-9-3-10-18-24)26(33)31(27)20-12-4-11-19-25(32)34-21-22-13-5-1-6-14-22/h1-3,5-10,13-18H,4,11-12,19-21H2,(H2,29,30). The molecule has 0 bridgehead atoms. The maximum Gasteiger partial charge on any atom is 0.306 e. The van der Waals surface area contributed by atoms with Gasteiger partial charge in [0.1, 0.15) is 6.61 Å². The molecule has 0 atom stereocenters. The Labute approximate surface area is 200 Å². The van der Waals surface area contributed by atoms with Gasteiger partial charge in [-0.05, 0) is 29.5 Å². The number of unbranched alkanes of at least 4 members (excludes halogenated alkanes) is 2.